The van der Waals surface area contributed by atoms with E-state index in [1.807, 2.05) is 13.8 Å². The fourth-order valence-corrected chi connectivity index (χ4v) is 2.32. The average molecular weight is 202 g/mol. The molecule has 0 spiro atoms. The molecule has 1 aliphatic heterocycles. The van der Waals surface area contributed by atoms with E-state index < -0.39 is 11.9 Å². The molecule has 4 heteroatoms. The molecule has 4 nitrogen and oxygen atoms in total. The third kappa shape index (κ3) is 1.67. The fraction of sp³-hybridized carbons (Fsp3) is 1.00. The van der Waals surface area contributed by atoms with E-state index in [2.05, 4.69) is 0 Å². The number of methoxy groups -OCH3 is 1. The molecule has 1 aliphatic carbocycles. The lowest BCUT2D eigenvalue weighted by Crippen LogP contribution is -2.47. The maximum absolute atomic E-state index is 9.76. The monoisotopic (exact) mass is 202 g/mol. The third-order valence-corrected chi connectivity index (χ3v) is 2.96. The molecule has 2 fully saturated rings. The molecule has 4 atom stereocenters. The lowest BCUT2D eigenvalue weighted by atomic mass is 9.90. The maximum Gasteiger partial charge on any atom is 0.164 e. The van der Waals surface area contributed by atoms with Gasteiger partial charge in [-0.05, 0) is 26.7 Å². The summed E-state index contributed by atoms with van der Waals surface area (Å²) in [5, 5.41) is 9.76. The molecule has 0 aromatic carbocycles. The Bertz CT molecular complexity index is 216. The van der Waals surface area contributed by atoms with Crippen molar-refractivity contribution in [2.75, 3.05) is 7.11 Å². The first kappa shape index (κ1) is 10.4. The minimum Gasteiger partial charge on any atom is -0.390 e. The van der Waals surface area contributed by atoms with Gasteiger partial charge in [-0.1, -0.05) is 0 Å². The van der Waals surface area contributed by atoms with Gasteiger partial charge in [-0.25, -0.2) is 0 Å². The number of hydrogen-bond acceptors (Lipinski definition) is 4. The Hall–Kier alpha value is -0.160. The Morgan fingerprint density at radius 2 is 1.86 bits per heavy atom. The van der Waals surface area contributed by atoms with E-state index in [0.717, 1.165) is 12.8 Å². The second-order valence-corrected chi connectivity index (χ2v) is 4.48. The predicted molar refractivity (Wildman–Crippen MR) is 49.9 cm³/mol. The lowest BCUT2D eigenvalue weighted by Gasteiger charge is -2.33. The zero-order valence-electron chi connectivity index (χ0n) is 8.90. The normalized spacial score (nSPS) is 46.3. The highest BCUT2D eigenvalue weighted by Gasteiger charge is 2.50. The summed E-state index contributed by atoms with van der Waals surface area (Å²) in [6.45, 7) is 3.73. The van der Waals surface area contributed by atoms with Crippen molar-refractivity contribution in [3.8, 4) is 0 Å². The van der Waals surface area contributed by atoms with Crippen molar-refractivity contribution < 1.29 is 19.3 Å². The van der Waals surface area contributed by atoms with E-state index in [1.165, 1.54) is 0 Å². The molecule has 0 bridgehead atoms. The highest BCUT2D eigenvalue weighted by Crippen LogP contribution is 2.37. The summed E-state index contributed by atoms with van der Waals surface area (Å²) in [7, 11) is 1.67. The van der Waals surface area contributed by atoms with E-state index in [9.17, 15) is 5.11 Å². The molecule has 0 amide bonds. The minimum absolute atomic E-state index is 0.0465. The van der Waals surface area contributed by atoms with Gasteiger partial charge in [0.1, 0.15) is 12.2 Å². The van der Waals surface area contributed by atoms with Gasteiger partial charge >= 0.3 is 0 Å². The maximum atomic E-state index is 9.76. The Labute approximate surface area is 84.1 Å². The van der Waals surface area contributed by atoms with Crippen LogP contribution in [0.25, 0.3) is 0 Å². The van der Waals surface area contributed by atoms with Crippen LogP contribution in [0.3, 0.4) is 0 Å². The number of fused-ring (bicyclic) bond motifs is 1. The second kappa shape index (κ2) is 3.45. The summed E-state index contributed by atoms with van der Waals surface area (Å²) in [4.78, 5) is 0. The first-order valence-electron chi connectivity index (χ1n) is 5.10. The van der Waals surface area contributed by atoms with Crippen molar-refractivity contribution >= 4 is 0 Å². The van der Waals surface area contributed by atoms with Crippen LogP contribution < -0.4 is 0 Å². The lowest BCUT2D eigenvalue weighted by molar-refractivity contribution is -0.157. The van der Waals surface area contributed by atoms with Gasteiger partial charge in [-0.2, -0.15) is 0 Å². The molecule has 0 aromatic rings. The molecule has 82 valence electrons. The van der Waals surface area contributed by atoms with Crippen molar-refractivity contribution in [3.63, 3.8) is 0 Å². The second-order valence-electron chi connectivity index (χ2n) is 4.48. The van der Waals surface area contributed by atoms with Crippen molar-refractivity contribution in [2.24, 2.45) is 0 Å². The molecule has 3 unspecified atom stereocenters. The molecule has 0 radical (unpaired) electrons. The van der Waals surface area contributed by atoms with Crippen LogP contribution in [0.4, 0.5) is 0 Å². The van der Waals surface area contributed by atoms with Crippen LogP contribution in [0.5, 0.6) is 0 Å². The van der Waals surface area contributed by atoms with Gasteiger partial charge in [0, 0.05) is 7.11 Å². The minimum atomic E-state index is -0.600. The van der Waals surface area contributed by atoms with Crippen LogP contribution in [0.2, 0.25) is 0 Å². The molecule has 1 heterocycles. The molecule has 1 N–H and O–H groups in total. The van der Waals surface area contributed by atoms with Gasteiger partial charge in [0.2, 0.25) is 0 Å². The van der Waals surface area contributed by atoms with Crippen molar-refractivity contribution in [1.29, 1.82) is 0 Å². The zero-order chi connectivity index (χ0) is 10.3. The first-order chi connectivity index (χ1) is 6.53. The van der Waals surface area contributed by atoms with E-state index in [4.69, 9.17) is 14.2 Å². The van der Waals surface area contributed by atoms with Crippen LogP contribution in [0.15, 0.2) is 0 Å². The number of aliphatic hydroxyl groups is 1. The quantitative estimate of drug-likeness (QED) is 0.679. The van der Waals surface area contributed by atoms with E-state index in [-0.39, 0.29) is 18.3 Å². The standard InChI is InChI=1S/C10H18O4/c1-10(2)13-8-6(11)4-5-7(12-3)9(8)14-10/h6-9,11H,4-5H2,1-3H3/t6-,7?,8?,9?/m1/s1. The molecule has 1 saturated heterocycles. The van der Waals surface area contributed by atoms with Crippen LogP contribution in [0.1, 0.15) is 26.7 Å². The van der Waals surface area contributed by atoms with E-state index >= 15 is 0 Å². The summed E-state index contributed by atoms with van der Waals surface area (Å²) in [5.41, 5.74) is 0. The third-order valence-electron chi connectivity index (χ3n) is 2.96. The van der Waals surface area contributed by atoms with Gasteiger partial charge < -0.3 is 19.3 Å². The van der Waals surface area contributed by atoms with Crippen LogP contribution >= 0.6 is 0 Å². The van der Waals surface area contributed by atoms with Crippen molar-refractivity contribution in [2.45, 2.75) is 56.9 Å². The Morgan fingerprint density at radius 1 is 1.21 bits per heavy atom. The van der Waals surface area contributed by atoms with Crippen LogP contribution in [-0.4, -0.2) is 42.4 Å². The summed E-state index contributed by atoms with van der Waals surface area (Å²) in [6.07, 6.45) is 0.818. The van der Waals surface area contributed by atoms with Crippen molar-refractivity contribution in [1.82, 2.24) is 0 Å². The van der Waals surface area contributed by atoms with Gasteiger partial charge in [-0.3, -0.25) is 0 Å². The molecular formula is C10H18O4. The highest BCUT2D eigenvalue weighted by molar-refractivity contribution is 4.95. The highest BCUT2D eigenvalue weighted by atomic mass is 16.8. The van der Waals surface area contributed by atoms with E-state index in [1.54, 1.807) is 7.11 Å². The molecule has 2 rings (SSSR count). The summed E-state index contributed by atoms with van der Waals surface area (Å²) in [6, 6.07) is 0. The number of aliphatic hydroxyl groups excluding tert-OH is 1. The predicted octanol–water partition coefficient (Wildman–Crippen LogP) is 0.676. The van der Waals surface area contributed by atoms with Crippen molar-refractivity contribution in [3.05, 3.63) is 0 Å². The number of rotatable bonds is 1. The zero-order valence-corrected chi connectivity index (χ0v) is 8.90. The number of hydrogen-bond donors (Lipinski definition) is 1. The smallest absolute Gasteiger partial charge is 0.164 e. The molecule has 0 aromatic heterocycles. The summed E-state index contributed by atoms with van der Waals surface area (Å²) < 4.78 is 16.7. The van der Waals surface area contributed by atoms with Gasteiger partial charge in [0.25, 0.3) is 0 Å². The molecular weight excluding hydrogens is 184 g/mol. The van der Waals surface area contributed by atoms with Gasteiger partial charge in [0.05, 0.1) is 12.2 Å². The topological polar surface area (TPSA) is 47.9 Å². The van der Waals surface area contributed by atoms with Crippen LogP contribution in [-0.2, 0) is 14.2 Å². The Balaban J connectivity index is 2.14. The van der Waals surface area contributed by atoms with Crippen LogP contribution in [0, 0.1) is 0 Å². The molecule has 2 aliphatic rings. The molecule has 14 heavy (non-hydrogen) atoms. The van der Waals surface area contributed by atoms with Gasteiger partial charge in [0.15, 0.2) is 5.79 Å². The summed E-state index contributed by atoms with van der Waals surface area (Å²) >= 11 is 0. The summed E-state index contributed by atoms with van der Waals surface area (Å²) in [5.74, 6) is -0.600. The first-order valence-corrected chi connectivity index (χ1v) is 5.10. The average Bonchev–Trinajstić information content (AvgIpc) is 2.42. The van der Waals surface area contributed by atoms with Gasteiger partial charge in [-0.15, -0.1) is 0 Å². The Kier molecular flexibility index (Phi) is 2.55. The fourth-order valence-electron chi connectivity index (χ4n) is 2.32. The molecule has 1 saturated carbocycles. The largest absolute Gasteiger partial charge is 0.390 e. The number of ether oxygens (including phenoxy) is 3. The Morgan fingerprint density at radius 3 is 2.50 bits per heavy atom. The van der Waals surface area contributed by atoms with E-state index in [0.29, 0.717) is 0 Å². The SMILES string of the molecule is COC1CC[C@@H](O)C2OC(C)(C)OC12.